The molecule has 3 unspecified atom stereocenters. The van der Waals surface area contributed by atoms with Crippen molar-refractivity contribution in [1.82, 2.24) is 15.1 Å². The molecule has 2 heterocycles. The van der Waals surface area contributed by atoms with Gasteiger partial charge in [0.1, 0.15) is 0 Å². The highest BCUT2D eigenvalue weighted by atomic mass is 35.5. The van der Waals surface area contributed by atoms with E-state index in [-0.39, 0.29) is 18.3 Å². The number of hydrogen-bond acceptors (Lipinski definition) is 3. The summed E-state index contributed by atoms with van der Waals surface area (Å²) in [7, 11) is 0. The van der Waals surface area contributed by atoms with Crippen LogP contribution in [0.5, 0.6) is 0 Å². The minimum atomic E-state index is 0. The van der Waals surface area contributed by atoms with Gasteiger partial charge in [0.25, 0.3) is 0 Å². The Hall–Kier alpha value is -1.62. The lowest BCUT2D eigenvalue weighted by Crippen LogP contribution is -2.49. The van der Waals surface area contributed by atoms with Crippen molar-refractivity contribution >= 4 is 29.1 Å². The fourth-order valence-corrected chi connectivity index (χ4v) is 4.91. The van der Waals surface area contributed by atoms with Crippen LogP contribution in [0, 0.1) is 5.92 Å². The topological polar surface area (TPSA) is 35.6 Å². The Morgan fingerprint density at radius 3 is 2.63 bits per heavy atom. The highest BCUT2D eigenvalue weighted by Crippen LogP contribution is 2.50. The molecule has 3 fully saturated rings. The number of piperazine rings is 1. The molecule has 27 heavy (non-hydrogen) atoms. The molecule has 2 aromatic carbocycles. The molecule has 0 radical (unpaired) electrons. The molecule has 3 atom stereocenters. The molecular weight excluding hydrogens is 358 g/mol. The molecule has 1 amide bonds. The summed E-state index contributed by atoms with van der Waals surface area (Å²) in [5.74, 6) is 0.995. The van der Waals surface area contributed by atoms with E-state index >= 15 is 0 Å². The predicted molar refractivity (Wildman–Crippen MR) is 111 cm³/mol. The fraction of sp³-hybridized carbons (Fsp3) is 0.500. The van der Waals surface area contributed by atoms with Gasteiger partial charge in [0.15, 0.2) is 0 Å². The van der Waals surface area contributed by atoms with Gasteiger partial charge in [0.2, 0.25) is 5.91 Å². The zero-order valence-electron chi connectivity index (χ0n) is 15.6. The lowest BCUT2D eigenvalue weighted by molar-refractivity contribution is -0.131. The van der Waals surface area contributed by atoms with Gasteiger partial charge in [0, 0.05) is 51.2 Å². The van der Waals surface area contributed by atoms with Crippen molar-refractivity contribution in [3.05, 3.63) is 48.0 Å². The van der Waals surface area contributed by atoms with Crippen LogP contribution in [0.2, 0.25) is 0 Å². The number of halogens is 1. The summed E-state index contributed by atoms with van der Waals surface area (Å²) >= 11 is 0. The first-order valence-corrected chi connectivity index (χ1v) is 10.0. The lowest BCUT2D eigenvalue weighted by atomic mass is 10.00. The third-order valence-corrected chi connectivity index (χ3v) is 6.47. The number of likely N-dealkylation sites (tertiary alicyclic amines) is 1. The number of rotatable bonds is 3. The van der Waals surface area contributed by atoms with E-state index in [1.807, 2.05) is 0 Å². The Kier molecular flexibility index (Phi) is 5.40. The van der Waals surface area contributed by atoms with Crippen LogP contribution in [0.4, 0.5) is 0 Å². The molecule has 5 heteroatoms. The monoisotopic (exact) mass is 385 g/mol. The van der Waals surface area contributed by atoms with Crippen molar-refractivity contribution in [2.24, 2.45) is 5.92 Å². The molecule has 0 aromatic heterocycles. The van der Waals surface area contributed by atoms with Crippen molar-refractivity contribution in [3.8, 4) is 0 Å². The Bertz CT molecular complexity index is 815. The van der Waals surface area contributed by atoms with E-state index in [9.17, 15) is 4.79 Å². The average molecular weight is 386 g/mol. The van der Waals surface area contributed by atoms with E-state index < -0.39 is 0 Å². The molecule has 3 aliphatic rings. The molecule has 2 aliphatic heterocycles. The molecule has 0 bridgehead atoms. The van der Waals surface area contributed by atoms with Crippen LogP contribution in [-0.2, 0) is 4.79 Å². The van der Waals surface area contributed by atoms with Gasteiger partial charge >= 0.3 is 0 Å². The lowest BCUT2D eigenvalue weighted by Gasteiger charge is -2.32. The molecule has 144 valence electrons. The average Bonchev–Trinajstić information content (AvgIpc) is 3.34. The van der Waals surface area contributed by atoms with Gasteiger partial charge in [-0.25, -0.2) is 0 Å². The molecule has 1 saturated carbocycles. The fourth-order valence-electron chi connectivity index (χ4n) is 4.91. The highest BCUT2D eigenvalue weighted by Gasteiger charge is 2.47. The number of carbonyl (C=O) groups excluding carboxylic acids is 1. The van der Waals surface area contributed by atoms with Gasteiger partial charge in [-0.05, 0) is 35.1 Å². The molecule has 0 spiro atoms. The van der Waals surface area contributed by atoms with E-state index in [1.54, 1.807) is 0 Å². The third kappa shape index (κ3) is 3.58. The Balaban J connectivity index is 0.00000180. The second-order valence-corrected chi connectivity index (χ2v) is 8.03. The first-order chi connectivity index (χ1) is 12.8. The van der Waals surface area contributed by atoms with Crippen LogP contribution in [0.15, 0.2) is 42.5 Å². The number of fused-ring (bicyclic) bond motifs is 1. The van der Waals surface area contributed by atoms with Crippen molar-refractivity contribution in [2.75, 3.05) is 39.3 Å². The maximum atomic E-state index is 13.1. The molecule has 1 N–H and O–H groups in total. The van der Waals surface area contributed by atoms with Gasteiger partial charge in [-0.2, -0.15) is 0 Å². The molecule has 2 aromatic rings. The zero-order chi connectivity index (χ0) is 17.5. The number of amides is 1. The highest BCUT2D eigenvalue weighted by molar-refractivity contribution is 5.89. The van der Waals surface area contributed by atoms with Gasteiger partial charge in [0.05, 0.1) is 0 Å². The summed E-state index contributed by atoms with van der Waals surface area (Å²) in [6.07, 6.45) is 2.15. The maximum Gasteiger partial charge on any atom is 0.226 e. The van der Waals surface area contributed by atoms with Crippen molar-refractivity contribution in [3.63, 3.8) is 0 Å². The summed E-state index contributed by atoms with van der Waals surface area (Å²) in [6, 6.07) is 15.6. The summed E-state index contributed by atoms with van der Waals surface area (Å²) in [5, 5.41) is 6.01. The number of carbonyl (C=O) groups is 1. The Labute approximate surface area is 167 Å². The smallest absolute Gasteiger partial charge is 0.226 e. The quantitative estimate of drug-likeness (QED) is 0.882. The van der Waals surface area contributed by atoms with Crippen LogP contribution in [0.1, 0.15) is 24.3 Å². The predicted octanol–water partition coefficient (Wildman–Crippen LogP) is 2.87. The van der Waals surface area contributed by atoms with Crippen LogP contribution in [-0.4, -0.2) is 61.0 Å². The Morgan fingerprint density at radius 2 is 1.78 bits per heavy atom. The van der Waals surface area contributed by atoms with Gasteiger partial charge < -0.3 is 10.2 Å². The molecule has 5 rings (SSSR count). The van der Waals surface area contributed by atoms with Gasteiger partial charge in [-0.15, -0.1) is 12.4 Å². The normalized spacial score (nSPS) is 28.1. The van der Waals surface area contributed by atoms with E-state index in [4.69, 9.17) is 0 Å². The molecule has 4 nitrogen and oxygen atoms in total. The van der Waals surface area contributed by atoms with Crippen LogP contribution in [0.25, 0.3) is 10.8 Å². The van der Waals surface area contributed by atoms with Gasteiger partial charge in [-0.1, -0.05) is 42.5 Å². The minimum absolute atomic E-state index is 0. The summed E-state index contributed by atoms with van der Waals surface area (Å²) in [5.41, 5.74) is 1.36. The zero-order valence-corrected chi connectivity index (χ0v) is 16.5. The second kappa shape index (κ2) is 7.78. The standard InChI is InChI=1S/C22H27N3O.ClH/c26-22(25-11-8-17(15-25)24-12-9-23-10-13-24)21-14-20(21)19-7-3-5-16-4-1-2-6-18(16)19;/h1-7,17,20-21,23H,8-15H2;1H. The summed E-state index contributed by atoms with van der Waals surface area (Å²) in [6.45, 7) is 6.26. The number of benzene rings is 2. The van der Waals surface area contributed by atoms with Crippen molar-refractivity contribution < 1.29 is 4.79 Å². The van der Waals surface area contributed by atoms with Crippen LogP contribution in [0.3, 0.4) is 0 Å². The minimum Gasteiger partial charge on any atom is -0.341 e. The summed E-state index contributed by atoms with van der Waals surface area (Å²) in [4.78, 5) is 17.8. The second-order valence-electron chi connectivity index (χ2n) is 8.03. The first kappa shape index (κ1) is 18.7. The third-order valence-electron chi connectivity index (χ3n) is 6.47. The maximum absolute atomic E-state index is 13.1. The molecule has 2 saturated heterocycles. The van der Waals surface area contributed by atoms with Crippen molar-refractivity contribution in [2.45, 2.75) is 24.8 Å². The van der Waals surface area contributed by atoms with E-state index in [2.05, 4.69) is 57.6 Å². The van der Waals surface area contributed by atoms with E-state index in [1.165, 1.54) is 16.3 Å². The number of hydrogen-bond donors (Lipinski definition) is 1. The SMILES string of the molecule is Cl.O=C(C1CC1c1cccc2ccccc12)N1CCC(N2CCNCC2)C1. The molecular formula is C22H28ClN3O. The largest absolute Gasteiger partial charge is 0.341 e. The Morgan fingerprint density at radius 1 is 1.00 bits per heavy atom. The van der Waals surface area contributed by atoms with Crippen LogP contribution < -0.4 is 5.32 Å². The molecule has 1 aliphatic carbocycles. The van der Waals surface area contributed by atoms with Gasteiger partial charge in [-0.3, -0.25) is 9.69 Å². The van der Waals surface area contributed by atoms with Crippen molar-refractivity contribution in [1.29, 1.82) is 0 Å². The number of nitrogens with one attached hydrogen (secondary N) is 1. The summed E-state index contributed by atoms with van der Waals surface area (Å²) < 4.78 is 0. The van der Waals surface area contributed by atoms with Crippen LogP contribution >= 0.6 is 12.4 Å². The first-order valence-electron chi connectivity index (χ1n) is 10.0. The number of nitrogens with zero attached hydrogens (tertiary/aromatic N) is 2. The van der Waals surface area contributed by atoms with E-state index in [0.29, 0.717) is 17.9 Å². The van der Waals surface area contributed by atoms with E-state index in [0.717, 1.165) is 52.1 Å².